The second-order valence-corrected chi connectivity index (χ2v) is 6.68. The van der Waals surface area contributed by atoms with Gasteiger partial charge in [0.2, 0.25) is 0 Å². The van der Waals surface area contributed by atoms with Crippen molar-refractivity contribution < 1.29 is 9.15 Å². The van der Waals surface area contributed by atoms with E-state index in [0.717, 1.165) is 38.8 Å². The number of benzene rings is 2. The van der Waals surface area contributed by atoms with Crippen molar-refractivity contribution in [1.82, 2.24) is 4.98 Å². The van der Waals surface area contributed by atoms with E-state index in [-0.39, 0.29) is 5.63 Å². The first-order valence-corrected chi connectivity index (χ1v) is 8.92. The molecule has 0 saturated carbocycles. The molecule has 2 heterocycles. The SMILES string of the molecule is COc1ccccc1-c1csc(Nc2ccc3c(C)cc(=O)oc3c2)n1. The number of ether oxygens (including phenoxy) is 1. The third kappa shape index (κ3) is 3.07. The van der Waals surface area contributed by atoms with Crippen LogP contribution in [0.25, 0.3) is 22.2 Å². The first kappa shape index (κ1) is 16.4. The van der Waals surface area contributed by atoms with Crippen LogP contribution in [-0.4, -0.2) is 12.1 Å². The molecule has 0 spiro atoms. The van der Waals surface area contributed by atoms with Gasteiger partial charge in [-0.05, 0) is 36.8 Å². The highest BCUT2D eigenvalue weighted by molar-refractivity contribution is 7.14. The second kappa shape index (κ2) is 6.65. The molecule has 4 rings (SSSR count). The predicted molar refractivity (Wildman–Crippen MR) is 105 cm³/mol. The molecular weight excluding hydrogens is 348 g/mol. The van der Waals surface area contributed by atoms with E-state index in [2.05, 4.69) is 10.3 Å². The number of aromatic nitrogens is 1. The lowest BCUT2D eigenvalue weighted by Crippen LogP contribution is -1.98. The summed E-state index contributed by atoms with van der Waals surface area (Å²) in [6.45, 7) is 1.90. The van der Waals surface area contributed by atoms with E-state index in [1.807, 2.05) is 54.8 Å². The minimum Gasteiger partial charge on any atom is -0.496 e. The van der Waals surface area contributed by atoms with Gasteiger partial charge in [-0.1, -0.05) is 12.1 Å². The number of hydrogen-bond donors (Lipinski definition) is 1. The lowest BCUT2D eigenvalue weighted by atomic mass is 10.1. The van der Waals surface area contributed by atoms with Gasteiger partial charge in [-0.2, -0.15) is 0 Å². The van der Waals surface area contributed by atoms with Gasteiger partial charge < -0.3 is 14.5 Å². The molecule has 0 radical (unpaired) electrons. The Morgan fingerprint density at radius 1 is 1.15 bits per heavy atom. The Labute approximate surface area is 153 Å². The molecule has 0 unspecified atom stereocenters. The van der Waals surface area contributed by atoms with E-state index in [9.17, 15) is 4.79 Å². The van der Waals surface area contributed by atoms with Crippen molar-refractivity contribution in [3.05, 3.63) is 69.9 Å². The Morgan fingerprint density at radius 3 is 2.85 bits per heavy atom. The van der Waals surface area contributed by atoms with Crippen molar-refractivity contribution in [3.8, 4) is 17.0 Å². The summed E-state index contributed by atoms with van der Waals surface area (Å²) >= 11 is 1.50. The maximum absolute atomic E-state index is 11.6. The van der Waals surface area contributed by atoms with Crippen LogP contribution < -0.4 is 15.7 Å². The van der Waals surface area contributed by atoms with Crippen LogP contribution in [0.2, 0.25) is 0 Å². The average Bonchev–Trinajstić information content (AvgIpc) is 3.09. The van der Waals surface area contributed by atoms with Crippen LogP contribution in [0.15, 0.2) is 63.1 Å². The maximum atomic E-state index is 11.6. The number of rotatable bonds is 4. The first-order chi connectivity index (χ1) is 12.6. The van der Waals surface area contributed by atoms with Crippen LogP contribution in [0.4, 0.5) is 10.8 Å². The number of thiazole rings is 1. The van der Waals surface area contributed by atoms with Gasteiger partial charge >= 0.3 is 5.63 Å². The van der Waals surface area contributed by atoms with Crippen LogP contribution in [0.1, 0.15) is 5.56 Å². The van der Waals surface area contributed by atoms with Crippen molar-refractivity contribution in [3.63, 3.8) is 0 Å². The van der Waals surface area contributed by atoms with Gasteiger partial charge in [0.25, 0.3) is 0 Å². The number of anilines is 2. The van der Waals surface area contributed by atoms with E-state index in [1.54, 1.807) is 7.11 Å². The molecule has 0 aliphatic heterocycles. The fourth-order valence-electron chi connectivity index (χ4n) is 2.84. The molecule has 0 atom stereocenters. The molecule has 2 aromatic carbocycles. The number of aryl methyl sites for hydroxylation is 1. The van der Waals surface area contributed by atoms with Crippen molar-refractivity contribution in [2.45, 2.75) is 6.92 Å². The number of nitrogens with one attached hydrogen (secondary N) is 1. The van der Waals surface area contributed by atoms with E-state index in [0.29, 0.717) is 5.58 Å². The van der Waals surface area contributed by atoms with E-state index in [1.165, 1.54) is 17.4 Å². The Hall–Kier alpha value is -3.12. The Kier molecular flexibility index (Phi) is 4.18. The van der Waals surface area contributed by atoms with Crippen LogP contribution in [0.3, 0.4) is 0 Å². The van der Waals surface area contributed by atoms with Crippen LogP contribution >= 0.6 is 11.3 Å². The van der Waals surface area contributed by atoms with Crippen molar-refractivity contribution in [2.24, 2.45) is 0 Å². The highest BCUT2D eigenvalue weighted by atomic mass is 32.1. The number of fused-ring (bicyclic) bond motifs is 1. The minimum absolute atomic E-state index is 0.347. The van der Waals surface area contributed by atoms with Crippen molar-refractivity contribution in [1.29, 1.82) is 0 Å². The average molecular weight is 364 g/mol. The molecule has 0 fully saturated rings. The molecule has 0 aliphatic rings. The second-order valence-electron chi connectivity index (χ2n) is 5.82. The normalized spacial score (nSPS) is 10.8. The molecule has 26 heavy (non-hydrogen) atoms. The molecule has 4 aromatic rings. The third-order valence-corrected chi connectivity index (χ3v) is 4.85. The summed E-state index contributed by atoms with van der Waals surface area (Å²) in [5, 5.41) is 6.92. The van der Waals surface area contributed by atoms with Crippen molar-refractivity contribution >= 4 is 33.1 Å². The van der Waals surface area contributed by atoms with Crippen LogP contribution in [0, 0.1) is 6.92 Å². The third-order valence-electron chi connectivity index (χ3n) is 4.09. The van der Waals surface area contributed by atoms with Gasteiger partial charge in [-0.25, -0.2) is 9.78 Å². The summed E-state index contributed by atoms with van der Waals surface area (Å²) in [4.78, 5) is 16.2. The summed E-state index contributed by atoms with van der Waals surface area (Å²) < 4.78 is 10.7. The van der Waals surface area contributed by atoms with Gasteiger partial charge in [0, 0.05) is 34.1 Å². The van der Waals surface area contributed by atoms with E-state index < -0.39 is 0 Å². The molecule has 130 valence electrons. The molecule has 2 aromatic heterocycles. The topological polar surface area (TPSA) is 64.4 Å². The lowest BCUT2D eigenvalue weighted by molar-refractivity contribution is 0.416. The highest BCUT2D eigenvalue weighted by Gasteiger charge is 2.10. The van der Waals surface area contributed by atoms with Gasteiger partial charge in [0.05, 0.1) is 12.8 Å². The molecule has 6 heteroatoms. The zero-order valence-electron chi connectivity index (χ0n) is 14.3. The van der Waals surface area contributed by atoms with Gasteiger partial charge in [-0.15, -0.1) is 11.3 Å². The van der Waals surface area contributed by atoms with E-state index in [4.69, 9.17) is 9.15 Å². The fourth-order valence-corrected chi connectivity index (χ4v) is 3.57. The molecule has 1 N–H and O–H groups in total. The summed E-state index contributed by atoms with van der Waals surface area (Å²) in [5.41, 5.74) is 3.71. The van der Waals surface area contributed by atoms with Crippen LogP contribution in [0.5, 0.6) is 5.75 Å². The Balaban J connectivity index is 1.65. The molecule has 0 bridgehead atoms. The molecule has 0 amide bonds. The standard InChI is InChI=1S/C20H16N2O3S/c1-12-9-19(23)25-18-10-13(7-8-14(12)18)21-20-22-16(11-26-20)15-5-3-4-6-17(15)24-2/h3-11H,1-2H3,(H,21,22). The van der Waals surface area contributed by atoms with Gasteiger partial charge in [0.1, 0.15) is 11.3 Å². The van der Waals surface area contributed by atoms with Gasteiger partial charge in [-0.3, -0.25) is 0 Å². The van der Waals surface area contributed by atoms with Crippen LogP contribution in [-0.2, 0) is 0 Å². The number of nitrogens with zero attached hydrogens (tertiary/aromatic N) is 1. The first-order valence-electron chi connectivity index (χ1n) is 8.04. The van der Waals surface area contributed by atoms with Gasteiger partial charge in [0.15, 0.2) is 5.13 Å². The smallest absolute Gasteiger partial charge is 0.336 e. The zero-order chi connectivity index (χ0) is 18.1. The Morgan fingerprint density at radius 2 is 2.00 bits per heavy atom. The van der Waals surface area contributed by atoms with E-state index >= 15 is 0 Å². The summed E-state index contributed by atoms with van der Waals surface area (Å²) in [6, 6.07) is 15.0. The minimum atomic E-state index is -0.347. The summed E-state index contributed by atoms with van der Waals surface area (Å²) in [5.74, 6) is 0.785. The van der Waals surface area contributed by atoms with Crippen molar-refractivity contribution in [2.75, 3.05) is 12.4 Å². The Bertz CT molecular complexity index is 1150. The summed E-state index contributed by atoms with van der Waals surface area (Å²) in [7, 11) is 1.65. The monoisotopic (exact) mass is 364 g/mol. The lowest BCUT2D eigenvalue weighted by Gasteiger charge is -2.06. The quantitative estimate of drug-likeness (QED) is 0.518. The molecular formula is C20H16N2O3S. The molecule has 0 aliphatic carbocycles. The largest absolute Gasteiger partial charge is 0.496 e. The zero-order valence-corrected chi connectivity index (χ0v) is 15.1. The number of methoxy groups -OCH3 is 1. The number of hydrogen-bond acceptors (Lipinski definition) is 6. The summed E-state index contributed by atoms with van der Waals surface area (Å²) in [6.07, 6.45) is 0. The number of para-hydroxylation sites is 1. The highest BCUT2D eigenvalue weighted by Crippen LogP contribution is 2.33. The predicted octanol–water partition coefficient (Wildman–Crippen LogP) is 4.98. The maximum Gasteiger partial charge on any atom is 0.336 e. The molecule has 5 nitrogen and oxygen atoms in total. The molecule has 0 saturated heterocycles. The fraction of sp³-hybridized carbons (Fsp3) is 0.100.